The minimum Gasteiger partial charge on any atom is -0.457 e. The van der Waals surface area contributed by atoms with Crippen molar-refractivity contribution in [3.05, 3.63) is 77.6 Å². The van der Waals surface area contributed by atoms with Crippen LogP contribution < -0.4 is 14.8 Å². The molecule has 1 saturated carbocycles. The third-order valence-corrected chi connectivity index (χ3v) is 6.06. The van der Waals surface area contributed by atoms with Crippen molar-refractivity contribution in [3.8, 4) is 28.6 Å². The average molecular weight is 476 g/mol. The van der Waals surface area contributed by atoms with Gasteiger partial charge < -0.3 is 24.3 Å². The van der Waals surface area contributed by atoms with Crippen molar-refractivity contribution in [1.82, 2.24) is 5.32 Å². The van der Waals surface area contributed by atoms with E-state index in [-0.39, 0.29) is 5.82 Å². The summed E-state index contributed by atoms with van der Waals surface area (Å²) in [4.78, 5) is 12.2. The van der Waals surface area contributed by atoms with E-state index in [9.17, 15) is 14.3 Å². The SMILES string of the molecule is CNC(=O)Oc1c(-c2ccc(Oc3ccc(F)cc3)cc2)oc2cc(C(C)(C)O)c(C3CC3)cc12. The Morgan fingerprint density at radius 2 is 1.69 bits per heavy atom. The minimum absolute atomic E-state index is 0.316. The fraction of sp³-hybridized carbons (Fsp3) is 0.250. The lowest BCUT2D eigenvalue weighted by Crippen LogP contribution is -2.22. The summed E-state index contributed by atoms with van der Waals surface area (Å²) in [5, 5.41) is 13.9. The highest BCUT2D eigenvalue weighted by atomic mass is 19.1. The zero-order chi connectivity index (χ0) is 24.7. The summed E-state index contributed by atoms with van der Waals surface area (Å²) in [7, 11) is 1.49. The number of nitrogens with one attached hydrogen (secondary N) is 1. The van der Waals surface area contributed by atoms with Crippen molar-refractivity contribution in [2.45, 2.75) is 38.2 Å². The van der Waals surface area contributed by atoms with Gasteiger partial charge >= 0.3 is 6.09 Å². The number of carbonyl (C=O) groups excluding carboxylic acids is 1. The van der Waals surface area contributed by atoms with E-state index < -0.39 is 11.7 Å². The smallest absolute Gasteiger partial charge is 0.412 e. The number of ether oxygens (including phenoxy) is 2. The summed E-state index contributed by atoms with van der Waals surface area (Å²) in [6, 6.07) is 16.7. The number of aliphatic hydroxyl groups is 1. The molecule has 0 unspecified atom stereocenters. The average Bonchev–Trinajstić information content (AvgIpc) is 3.62. The van der Waals surface area contributed by atoms with Crippen LogP contribution >= 0.6 is 0 Å². The Kier molecular flexibility index (Phi) is 5.73. The van der Waals surface area contributed by atoms with Crippen LogP contribution in [0.15, 0.2) is 65.1 Å². The Morgan fingerprint density at radius 3 is 2.26 bits per heavy atom. The number of hydrogen-bond donors (Lipinski definition) is 2. The Hall–Kier alpha value is -3.84. The van der Waals surface area contributed by atoms with Crippen molar-refractivity contribution in [1.29, 1.82) is 0 Å². The highest BCUT2D eigenvalue weighted by molar-refractivity contribution is 5.95. The number of amides is 1. The molecular formula is C28H26FNO5. The number of benzene rings is 3. The molecule has 6 nitrogen and oxygen atoms in total. The second-order valence-electron chi connectivity index (χ2n) is 9.25. The molecule has 1 heterocycles. The van der Waals surface area contributed by atoms with Crippen LogP contribution in [0.2, 0.25) is 0 Å². The zero-order valence-corrected chi connectivity index (χ0v) is 19.7. The molecule has 7 heteroatoms. The summed E-state index contributed by atoms with van der Waals surface area (Å²) >= 11 is 0. The van der Waals surface area contributed by atoms with Gasteiger partial charge in [-0.25, -0.2) is 9.18 Å². The van der Waals surface area contributed by atoms with Crippen molar-refractivity contribution >= 4 is 17.1 Å². The number of hydrogen-bond acceptors (Lipinski definition) is 5. The van der Waals surface area contributed by atoms with Crippen molar-refractivity contribution in [2.24, 2.45) is 0 Å². The molecular weight excluding hydrogens is 449 g/mol. The van der Waals surface area contributed by atoms with Crippen LogP contribution in [-0.4, -0.2) is 18.2 Å². The zero-order valence-electron chi connectivity index (χ0n) is 19.7. The maximum Gasteiger partial charge on any atom is 0.412 e. The van der Waals surface area contributed by atoms with Gasteiger partial charge in [0.2, 0.25) is 0 Å². The van der Waals surface area contributed by atoms with Crippen LogP contribution in [0, 0.1) is 5.82 Å². The highest BCUT2D eigenvalue weighted by Gasteiger charge is 2.33. The monoisotopic (exact) mass is 475 g/mol. The Balaban J connectivity index is 1.57. The summed E-state index contributed by atoms with van der Waals surface area (Å²) in [5.41, 5.74) is 2.01. The van der Waals surface area contributed by atoms with E-state index in [1.165, 1.54) is 19.2 Å². The van der Waals surface area contributed by atoms with Gasteiger partial charge in [-0.15, -0.1) is 0 Å². The summed E-state index contributed by atoms with van der Waals surface area (Å²) in [6.07, 6.45) is 1.51. The molecule has 1 aliphatic rings. The number of carbonyl (C=O) groups is 1. The molecule has 0 radical (unpaired) electrons. The number of halogens is 1. The van der Waals surface area contributed by atoms with E-state index in [0.29, 0.717) is 45.5 Å². The van der Waals surface area contributed by atoms with Gasteiger partial charge in [-0.1, -0.05) is 0 Å². The molecule has 1 aliphatic carbocycles. The van der Waals surface area contributed by atoms with Crippen LogP contribution in [0.5, 0.6) is 17.2 Å². The number of furan rings is 1. The Labute approximate surface area is 202 Å². The lowest BCUT2D eigenvalue weighted by atomic mass is 9.90. The first-order valence-electron chi connectivity index (χ1n) is 11.5. The van der Waals surface area contributed by atoms with Gasteiger partial charge in [-0.2, -0.15) is 0 Å². The van der Waals surface area contributed by atoms with E-state index in [0.717, 1.165) is 24.0 Å². The number of fused-ring (bicyclic) bond motifs is 1. The van der Waals surface area contributed by atoms with Gasteiger partial charge in [0, 0.05) is 12.6 Å². The lowest BCUT2D eigenvalue weighted by molar-refractivity contribution is 0.0776. The molecule has 5 rings (SSSR count). The van der Waals surface area contributed by atoms with Gasteiger partial charge in [0.25, 0.3) is 0 Å². The van der Waals surface area contributed by atoms with Crippen molar-refractivity contribution < 1.29 is 28.2 Å². The third kappa shape index (κ3) is 4.72. The Morgan fingerprint density at radius 1 is 1.06 bits per heavy atom. The molecule has 4 aromatic rings. The van der Waals surface area contributed by atoms with Crippen LogP contribution in [0.25, 0.3) is 22.3 Å². The first-order chi connectivity index (χ1) is 16.7. The largest absolute Gasteiger partial charge is 0.457 e. The molecule has 0 saturated heterocycles. The molecule has 0 atom stereocenters. The molecule has 0 aliphatic heterocycles. The lowest BCUT2D eigenvalue weighted by Gasteiger charge is -2.21. The predicted octanol–water partition coefficient (Wildman–Crippen LogP) is 6.85. The first kappa shape index (κ1) is 22.9. The first-order valence-corrected chi connectivity index (χ1v) is 11.5. The fourth-order valence-corrected chi connectivity index (χ4v) is 4.15. The maximum atomic E-state index is 13.2. The third-order valence-electron chi connectivity index (χ3n) is 6.06. The second kappa shape index (κ2) is 8.74. The van der Waals surface area contributed by atoms with E-state index >= 15 is 0 Å². The van der Waals surface area contributed by atoms with Crippen LogP contribution in [-0.2, 0) is 5.60 Å². The van der Waals surface area contributed by atoms with E-state index in [4.69, 9.17) is 13.9 Å². The normalized spacial score (nSPS) is 13.6. The summed E-state index contributed by atoms with van der Waals surface area (Å²) in [6.45, 7) is 3.51. The summed E-state index contributed by atoms with van der Waals surface area (Å²) in [5.74, 6) is 1.82. The predicted molar refractivity (Wildman–Crippen MR) is 130 cm³/mol. The topological polar surface area (TPSA) is 80.9 Å². The van der Waals surface area contributed by atoms with Gasteiger partial charge in [0.15, 0.2) is 11.5 Å². The molecule has 1 aromatic heterocycles. The molecule has 1 fully saturated rings. The van der Waals surface area contributed by atoms with Gasteiger partial charge in [-0.3, -0.25) is 0 Å². The van der Waals surface area contributed by atoms with E-state index in [1.807, 2.05) is 12.1 Å². The standard InChI is InChI=1S/C28H26FNO5/c1-28(2,32)23-15-24-22(14-21(23)16-4-5-16)26(35-27(31)30-3)25(34-24)17-6-10-19(11-7-17)33-20-12-8-18(29)9-13-20/h6-16,32H,4-5H2,1-3H3,(H,30,31). The molecule has 35 heavy (non-hydrogen) atoms. The molecule has 0 spiro atoms. The highest BCUT2D eigenvalue weighted by Crippen LogP contribution is 2.49. The van der Waals surface area contributed by atoms with Gasteiger partial charge in [-0.05, 0) is 104 Å². The molecule has 0 bridgehead atoms. The minimum atomic E-state index is -1.04. The van der Waals surface area contributed by atoms with Crippen LogP contribution in [0.3, 0.4) is 0 Å². The number of rotatable bonds is 6. The maximum absolute atomic E-state index is 13.2. The molecule has 2 N–H and O–H groups in total. The molecule has 3 aromatic carbocycles. The van der Waals surface area contributed by atoms with E-state index in [2.05, 4.69) is 5.32 Å². The summed E-state index contributed by atoms with van der Waals surface area (Å²) < 4.78 is 30.8. The molecule has 1 amide bonds. The quantitative estimate of drug-likeness (QED) is 0.319. The van der Waals surface area contributed by atoms with Crippen molar-refractivity contribution in [2.75, 3.05) is 7.05 Å². The molecule has 180 valence electrons. The van der Waals surface area contributed by atoms with Gasteiger partial charge in [0.05, 0.1) is 11.0 Å². The Bertz CT molecular complexity index is 1380. The van der Waals surface area contributed by atoms with Crippen LogP contribution in [0.4, 0.5) is 9.18 Å². The second-order valence-corrected chi connectivity index (χ2v) is 9.25. The van der Waals surface area contributed by atoms with E-state index in [1.54, 1.807) is 50.2 Å². The van der Waals surface area contributed by atoms with Crippen molar-refractivity contribution in [3.63, 3.8) is 0 Å². The van der Waals surface area contributed by atoms with Gasteiger partial charge in [0.1, 0.15) is 22.9 Å². The van der Waals surface area contributed by atoms with Crippen LogP contribution in [0.1, 0.15) is 43.7 Å². The fourth-order valence-electron chi connectivity index (χ4n) is 4.15.